The van der Waals surface area contributed by atoms with Crippen LogP contribution in [0.5, 0.6) is 0 Å². The van der Waals surface area contributed by atoms with Crippen LogP contribution in [0.4, 0.5) is 11.4 Å². The number of anilines is 2. The van der Waals surface area contributed by atoms with Crippen LogP contribution in [-0.2, 0) is 0 Å². The van der Waals surface area contributed by atoms with Crippen molar-refractivity contribution in [3.8, 4) is 22.3 Å². The van der Waals surface area contributed by atoms with Crippen LogP contribution in [0.15, 0.2) is 218 Å². The average molecular weight is 690 g/mol. The maximum absolute atomic E-state index is 4.07. The molecule has 8 aromatic rings. The molecule has 1 nitrogen and oxygen atoms in total. The summed E-state index contributed by atoms with van der Waals surface area (Å²) in [5.74, 6) is 0. The Bertz CT molecular complexity index is 2070. The van der Waals surface area contributed by atoms with Crippen molar-refractivity contribution in [3.63, 3.8) is 0 Å². The van der Waals surface area contributed by atoms with Crippen molar-refractivity contribution in [1.29, 1.82) is 0 Å². The highest BCUT2D eigenvalue weighted by atomic mass is 31.1. The molecule has 0 aliphatic heterocycles. The van der Waals surface area contributed by atoms with Crippen molar-refractivity contribution in [2.45, 2.75) is 0 Å². The zero-order valence-electron chi connectivity index (χ0n) is 28.2. The van der Waals surface area contributed by atoms with Crippen LogP contribution in [0.1, 0.15) is 0 Å². The maximum atomic E-state index is 4.07. The normalized spacial score (nSPS) is 11.1. The monoisotopic (exact) mass is 689 g/mol. The van der Waals surface area contributed by atoms with E-state index in [1.165, 1.54) is 54.1 Å². The summed E-state index contributed by atoms with van der Waals surface area (Å²) < 4.78 is 0. The minimum absolute atomic E-state index is 0.882. The first kappa shape index (κ1) is 32.6. The quantitative estimate of drug-likeness (QED) is 0.141. The fourth-order valence-corrected chi connectivity index (χ4v) is 11.4. The van der Waals surface area contributed by atoms with Gasteiger partial charge in [0.25, 0.3) is 0 Å². The molecule has 0 atom stereocenters. The van der Waals surface area contributed by atoms with Crippen molar-refractivity contribution >= 4 is 59.0 Å². The van der Waals surface area contributed by atoms with Gasteiger partial charge in [-0.25, -0.2) is 0 Å². The predicted octanol–water partition coefficient (Wildman–Crippen LogP) is 10.3. The summed E-state index contributed by atoms with van der Waals surface area (Å²) in [4.78, 5) is 0. The Morgan fingerprint density at radius 3 is 0.824 bits per heavy atom. The third kappa shape index (κ3) is 7.33. The number of hydrogen-bond acceptors (Lipinski definition) is 1. The maximum Gasteiger partial charge on any atom is 0.0469 e. The van der Waals surface area contributed by atoms with Gasteiger partial charge in [0, 0.05) is 22.0 Å². The fraction of sp³-hybridized carbons (Fsp3) is 0. The second-order valence-electron chi connectivity index (χ2n) is 12.3. The van der Waals surface area contributed by atoms with E-state index in [9.17, 15) is 0 Å². The van der Waals surface area contributed by atoms with Crippen LogP contribution in [-0.4, -0.2) is 0 Å². The van der Waals surface area contributed by atoms with E-state index in [1.54, 1.807) is 0 Å². The second kappa shape index (κ2) is 15.5. The van der Waals surface area contributed by atoms with E-state index in [1.807, 2.05) is 0 Å². The van der Waals surface area contributed by atoms with Gasteiger partial charge in [0.1, 0.15) is 0 Å². The molecule has 0 fully saturated rings. The second-order valence-corrected chi connectivity index (χ2v) is 16.7. The van der Waals surface area contributed by atoms with E-state index in [0.717, 1.165) is 11.4 Å². The summed E-state index contributed by atoms with van der Waals surface area (Å²) in [5, 5.41) is 12.0. The summed E-state index contributed by atoms with van der Waals surface area (Å²) in [6.07, 6.45) is 0. The number of nitrogens with one attached hydrogen (secondary N) is 1. The van der Waals surface area contributed by atoms with Crippen molar-refractivity contribution < 1.29 is 0 Å². The lowest BCUT2D eigenvalue weighted by Gasteiger charge is -2.27. The third-order valence-corrected chi connectivity index (χ3v) is 14.0. The number of hydrogen-bond donors (Lipinski definition) is 1. The standard InChI is InChI=1S/C48H37NP2/c1-7-19-37(20-8-1)39-31-33-45(47(35-39)50(41-23-11-3-12-24-41)42-25-13-4-14-26-42)49-46-34-32-40(38-21-9-2-10-22-38)36-48(46)51(43-27-15-5-16-28-43)44-29-17-6-18-30-44/h1-36,49H. The van der Waals surface area contributed by atoms with Gasteiger partial charge in [-0.1, -0.05) is 194 Å². The molecule has 8 aromatic carbocycles. The van der Waals surface area contributed by atoms with E-state index in [0.29, 0.717) is 0 Å². The molecule has 0 aromatic heterocycles. The molecule has 0 heterocycles. The Morgan fingerprint density at radius 2 is 0.529 bits per heavy atom. The van der Waals surface area contributed by atoms with Crippen LogP contribution in [0.2, 0.25) is 0 Å². The Morgan fingerprint density at radius 1 is 0.255 bits per heavy atom. The van der Waals surface area contributed by atoms with Gasteiger partial charge in [0.15, 0.2) is 0 Å². The predicted molar refractivity (Wildman–Crippen MR) is 224 cm³/mol. The molecular weight excluding hydrogens is 652 g/mol. The number of rotatable bonds is 10. The largest absolute Gasteiger partial charge is 0.354 e. The summed E-state index contributed by atoms with van der Waals surface area (Å²) in [7, 11) is -1.76. The van der Waals surface area contributed by atoms with E-state index in [-0.39, 0.29) is 0 Å². The topological polar surface area (TPSA) is 12.0 Å². The van der Waals surface area contributed by atoms with Gasteiger partial charge in [0.05, 0.1) is 0 Å². The molecule has 244 valence electrons. The van der Waals surface area contributed by atoms with Crippen LogP contribution in [0, 0.1) is 0 Å². The molecule has 0 unspecified atom stereocenters. The first-order valence-electron chi connectivity index (χ1n) is 17.3. The molecule has 0 aliphatic carbocycles. The Balaban J connectivity index is 1.34. The first-order valence-corrected chi connectivity index (χ1v) is 20.0. The van der Waals surface area contributed by atoms with Crippen LogP contribution >= 0.6 is 15.8 Å². The van der Waals surface area contributed by atoms with Crippen molar-refractivity contribution in [1.82, 2.24) is 0 Å². The third-order valence-electron chi connectivity index (χ3n) is 9.02. The molecule has 0 radical (unpaired) electrons. The van der Waals surface area contributed by atoms with E-state index in [2.05, 4.69) is 224 Å². The van der Waals surface area contributed by atoms with E-state index >= 15 is 0 Å². The van der Waals surface area contributed by atoms with Gasteiger partial charge in [-0.3, -0.25) is 0 Å². The van der Waals surface area contributed by atoms with Gasteiger partial charge in [0.2, 0.25) is 0 Å². The molecule has 0 saturated heterocycles. The van der Waals surface area contributed by atoms with E-state index < -0.39 is 15.8 Å². The number of benzene rings is 8. The molecule has 0 aliphatic rings. The highest BCUT2D eigenvalue weighted by Gasteiger charge is 2.24. The van der Waals surface area contributed by atoms with E-state index in [4.69, 9.17) is 0 Å². The molecule has 1 N–H and O–H groups in total. The van der Waals surface area contributed by atoms with Crippen LogP contribution in [0.25, 0.3) is 22.3 Å². The molecule has 3 heteroatoms. The Kier molecular flexibility index (Phi) is 9.94. The van der Waals surface area contributed by atoms with Gasteiger partial charge in [-0.05, 0) is 83.6 Å². The molecule has 8 rings (SSSR count). The molecule has 0 spiro atoms. The zero-order valence-corrected chi connectivity index (χ0v) is 30.0. The van der Waals surface area contributed by atoms with Gasteiger partial charge >= 0.3 is 0 Å². The van der Waals surface area contributed by atoms with Gasteiger partial charge in [-0.2, -0.15) is 0 Å². The van der Waals surface area contributed by atoms with Crippen molar-refractivity contribution in [3.05, 3.63) is 218 Å². The SMILES string of the molecule is c1ccc(-c2ccc(Nc3ccc(-c4ccccc4)cc3P(c3ccccc3)c3ccccc3)c(P(c3ccccc3)c3ccccc3)c2)cc1. The molecule has 0 amide bonds. The molecular formula is C48H37NP2. The Hall–Kier alpha value is -5.58. The average Bonchev–Trinajstić information content (AvgIpc) is 3.21. The van der Waals surface area contributed by atoms with Crippen molar-refractivity contribution in [2.75, 3.05) is 5.32 Å². The molecule has 0 bridgehead atoms. The summed E-state index contributed by atoms with van der Waals surface area (Å²) in [6.45, 7) is 0. The van der Waals surface area contributed by atoms with Crippen LogP contribution in [0.3, 0.4) is 0 Å². The Labute approximate surface area is 303 Å². The lowest BCUT2D eigenvalue weighted by Crippen LogP contribution is -2.25. The van der Waals surface area contributed by atoms with Gasteiger partial charge in [-0.15, -0.1) is 0 Å². The van der Waals surface area contributed by atoms with Crippen molar-refractivity contribution in [2.24, 2.45) is 0 Å². The first-order chi connectivity index (χ1) is 25.3. The summed E-state index contributed by atoms with van der Waals surface area (Å²) in [5.41, 5.74) is 7.10. The summed E-state index contributed by atoms with van der Waals surface area (Å²) in [6, 6.07) is 79.4. The highest BCUT2D eigenvalue weighted by molar-refractivity contribution is 7.80. The highest BCUT2D eigenvalue weighted by Crippen LogP contribution is 2.41. The smallest absolute Gasteiger partial charge is 0.0469 e. The molecule has 51 heavy (non-hydrogen) atoms. The summed E-state index contributed by atoms with van der Waals surface area (Å²) >= 11 is 0. The van der Waals surface area contributed by atoms with Gasteiger partial charge < -0.3 is 5.32 Å². The fourth-order valence-electron chi connectivity index (χ4n) is 6.57. The minimum Gasteiger partial charge on any atom is -0.354 e. The van der Waals surface area contributed by atoms with Crippen LogP contribution < -0.4 is 37.1 Å². The minimum atomic E-state index is -0.882. The lowest BCUT2D eigenvalue weighted by molar-refractivity contribution is 1.57. The molecule has 0 saturated carbocycles. The lowest BCUT2D eigenvalue weighted by atomic mass is 10.0. The zero-order chi connectivity index (χ0) is 34.2.